The molecular formula is C31H36F2N6O3. The van der Waals surface area contributed by atoms with Crippen LogP contribution in [0.25, 0.3) is 0 Å². The van der Waals surface area contributed by atoms with E-state index in [1.54, 1.807) is 23.1 Å². The zero-order valence-electron chi connectivity index (χ0n) is 23.9. The number of hydrogen-bond acceptors (Lipinski definition) is 8. The Bertz CT molecular complexity index is 1410. The number of nitrogens with zero attached hydrogens (tertiary/aromatic N) is 6. The molecule has 11 heteroatoms. The van der Waals surface area contributed by atoms with Crippen molar-refractivity contribution >= 4 is 11.7 Å². The molecule has 2 saturated heterocycles. The van der Waals surface area contributed by atoms with Gasteiger partial charge < -0.3 is 24.2 Å². The van der Waals surface area contributed by atoms with E-state index in [1.165, 1.54) is 12.1 Å². The van der Waals surface area contributed by atoms with Crippen LogP contribution in [-0.2, 0) is 22.7 Å². The molecule has 0 N–H and O–H groups in total. The summed E-state index contributed by atoms with van der Waals surface area (Å²) in [5.74, 6) is -2.13. The summed E-state index contributed by atoms with van der Waals surface area (Å²) in [4.78, 5) is 28.0. The van der Waals surface area contributed by atoms with Gasteiger partial charge in [0.1, 0.15) is 18.0 Å². The van der Waals surface area contributed by atoms with Gasteiger partial charge in [0.05, 0.1) is 24.1 Å². The van der Waals surface area contributed by atoms with Crippen molar-refractivity contribution in [3.63, 3.8) is 0 Å². The van der Waals surface area contributed by atoms with E-state index in [0.717, 1.165) is 24.9 Å². The smallest absolute Gasteiger partial charge is 0.321 e. The number of rotatable bonds is 6. The van der Waals surface area contributed by atoms with Gasteiger partial charge in [-0.25, -0.2) is 8.78 Å². The second-order valence-electron chi connectivity index (χ2n) is 11.7. The second-order valence-corrected chi connectivity index (χ2v) is 11.7. The van der Waals surface area contributed by atoms with Crippen molar-refractivity contribution < 1.29 is 23.0 Å². The first-order valence-corrected chi connectivity index (χ1v) is 14.7. The van der Waals surface area contributed by atoms with Crippen LogP contribution >= 0.6 is 0 Å². The normalized spacial score (nSPS) is 26.6. The van der Waals surface area contributed by atoms with Gasteiger partial charge in [0, 0.05) is 43.2 Å². The molecule has 1 aromatic heterocycles. The molecule has 1 amide bonds. The summed E-state index contributed by atoms with van der Waals surface area (Å²) in [5, 5.41) is 9.48. The van der Waals surface area contributed by atoms with Gasteiger partial charge in [0.25, 0.3) is 5.92 Å². The summed E-state index contributed by atoms with van der Waals surface area (Å²) in [6, 6.07) is 8.95. The number of aromatic nitrogens is 2. The maximum atomic E-state index is 14.9. The summed E-state index contributed by atoms with van der Waals surface area (Å²) in [6.45, 7) is 6.35. The Kier molecular flexibility index (Phi) is 7.51. The van der Waals surface area contributed by atoms with Crippen LogP contribution < -0.4 is 14.4 Å². The lowest BCUT2D eigenvalue weighted by molar-refractivity contribution is -0.128. The molecule has 1 aromatic carbocycles. The van der Waals surface area contributed by atoms with Gasteiger partial charge in [-0.1, -0.05) is 30.8 Å². The quantitative estimate of drug-likeness (QED) is 0.472. The number of carbonyl (C=O) groups is 1. The zero-order chi connectivity index (χ0) is 29.5. The van der Waals surface area contributed by atoms with Gasteiger partial charge >= 0.3 is 6.01 Å². The van der Waals surface area contributed by atoms with Gasteiger partial charge in [-0.15, -0.1) is 0 Å². The van der Waals surface area contributed by atoms with Crippen molar-refractivity contribution in [2.75, 3.05) is 44.7 Å². The third-order valence-corrected chi connectivity index (χ3v) is 9.30. The van der Waals surface area contributed by atoms with Crippen molar-refractivity contribution in [3.05, 3.63) is 53.6 Å². The van der Waals surface area contributed by atoms with Crippen LogP contribution in [0.1, 0.15) is 55.2 Å². The highest BCUT2D eigenvalue weighted by Crippen LogP contribution is 2.53. The molecule has 6 rings (SSSR count). The predicted octanol–water partition coefficient (Wildman–Crippen LogP) is 4.17. The number of ether oxygens (including phenoxy) is 2. The molecular weight excluding hydrogens is 542 g/mol. The number of likely N-dealkylation sites (tertiary alicyclic amines) is 1. The van der Waals surface area contributed by atoms with Crippen molar-refractivity contribution in [2.45, 2.75) is 68.6 Å². The molecule has 1 spiro atoms. The standard InChI is InChI=1S/C31H36F2N6O3/c1-3-26(40)39-18-17-38(19-21(39)11-15-34)27-23-10-12-30(13-14-31(32,33)25-9-5-4-8-24(25)30)42-28(23)36-29(35-27)41-20-22-7-6-16-37(22)2/h3-5,8-9,21-22H,1,6-7,10-14,16-20H2,2H3/t21-,22-,30?/m0/s1. The van der Waals surface area contributed by atoms with E-state index in [9.17, 15) is 18.8 Å². The van der Waals surface area contributed by atoms with E-state index in [1.807, 2.05) is 0 Å². The van der Waals surface area contributed by atoms with Crippen LogP contribution in [0.2, 0.25) is 0 Å². The van der Waals surface area contributed by atoms with Gasteiger partial charge in [-0.2, -0.15) is 15.2 Å². The van der Waals surface area contributed by atoms with Crippen LogP contribution in [0, 0.1) is 11.3 Å². The fourth-order valence-electron chi connectivity index (χ4n) is 6.91. The second kappa shape index (κ2) is 11.1. The van der Waals surface area contributed by atoms with E-state index in [2.05, 4.69) is 29.5 Å². The molecule has 0 bridgehead atoms. The summed E-state index contributed by atoms with van der Waals surface area (Å²) in [5.41, 5.74) is 0.392. The summed E-state index contributed by atoms with van der Waals surface area (Å²) >= 11 is 0. The third-order valence-electron chi connectivity index (χ3n) is 9.30. The summed E-state index contributed by atoms with van der Waals surface area (Å²) < 4.78 is 42.7. The van der Waals surface area contributed by atoms with Crippen LogP contribution in [0.3, 0.4) is 0 Å². The monoisotopic (exact) mass is 578 g/mol. The van der Waals surface area contributed by atoms with E-state index in [0.29, 0.717) is 56.3 Å². The molecule has 1 unspecified atom stereocenters. The van der Waals surface area contributed by atoms with E-state index in [4.69, 9.17) is 19.4 Å². The molecule has 0 saturated carbocycles. The Morgan fingerprint density at radius 3 is 2.74 bits per heavy atom. The van der Waals surface area contributed by atoms with E-state index >= 15 is 0 Å². The first-order valence-electron chi connectivity index (χ1n) is 14.7. The summed E-state index contributed by atoms with van der Waals surface area (Å²) in [7, 11) is 2.07. The first kappa shape index (κ1) is 28.3. The summed E-state index contributed by atoms with van der Waals surface area (Å²) in [6.07, 6.45) is 4.48. The maximum absolute atomic E-state index is 14.9. The van der Waals surface area contributed by atoms with Gasteiger partial charge in [-0.05, 0) is 51.8 Å². The molecule has 0 radical (unpaired) electrons. The van der Waals surface area contributed by atoms with Crippen molar-refractivity contribution in [3.8, 4) is 18.0 Å². The predicted molar refractivity (Wildman–Crippen MR) is 152 cm³/mol. The lowest BCUT2D eigenvalue weighted by Crippen LogP contribution is -2.55. The highest BCUT2D eigenvalue weighted by molar-refractivity contribution is 5.87. The fourth-order valence-corrected chi connectivity index (χ4v) is 6.91. The number of alkyl halides is 2. The molecule has 3 aliphatic heterocycles. The number of benzene rings is 1. The van der Waals surface area contributed by atoms with Crippen molar-refractivity contribution in [2.24, 2.45) is 0 Å². The molecule has 4 heterocycles. The Hall–Kier alpha value is -3.78. The topological polar surface area (TPSA) is 94.8 Å². The molecule has 3 atom stereocenters. The Morgan fingerprint density at radius 1 is 1.19 bits per heavy atom. The minimum absolute atomic E-state index is 0.0112. The van der Waals surface area contributed by atoms with Gasteiger partial charge in [0.2, 0.25) is 11.8 Å². The van der Waals surface area contributed by atoms with Crippen LogP contribution in [0.4, 0.5) is 14.6 Å². The number of hydrogen-bond donors (Lipinski definition) is 0. The number of piperazine rings is 1. The Labute approximate surface area is 244 Å². The number of fused-ring (bicyclic) bond motifs is 3. The van der Waals surface area contributed by atoms with Crippen molar-refractivity contribution in [1.82, 2.24) is 19.8 Å². The Morgan fingerprint density at radius 2 is 2.00 bits per heavy atom. The average molecular weight is 579 g/mol. The lowest BCUT2D eigenvalue weighted by Gasteiger charge is -2.45. The molecule has 42 heavy (non-hydrogen) atoms. The minimum Gasteiger partial charge on any atom is -0.466 e. The highest BCUT2D eigenvalue weighted by atomic mass is 19.3. The number of likely N-dealkylation sites (N-methyl/N-ethyl adjacent to an activating group) is 1. The van der Waals surface area contributed by atoms with E-state index in [-0.39, 0.29) is 48.8 Å². The lowest BCUT2D eigenvalue weighted by atomic mass is 9.73. The fraction of sp³-hybridized carbons (Fsp3) is 0.548. The zero-order valence-corrected chi connectivity index (χ0v) is 23.9. The van der Waals surface area contributed by atoms with Gasteiger partial charge in [-0.3, -0.25) is 4.79 Å². The molecule has 2 fully saturated rings. The number of anilines is 1. The number of halogens is 2. The number of amides is 1. The Balaban J connectivity index is 1.36. The minimum atomic E-state index is -2.91. The molecule has 1 aliphatic carbocycles. The van der Waals surface area contributed by atoms with E-state index < -0.39 is 11.5 Å². The number of carbonyl (C=O) groups excluding carboxylic acids is 1. The molecule has 222 valence electrons. The molecule has 2 aromatic rings. The third kappa shape index (κ3) is 5.06. The highest BCUT2D eigenvalue weighted by Gasteiger charge is 2.51. The average Bonchev–Trinajstić information content (AvgIpc) is 3.42. The van der Waals surface area contributed by atoms with Crippen molar-refractivity contribution in [1.29, 1.82) is 5.26 Å². The molecule has 4 aliphatic rings. The van der Waals surface area contributed by atoms with Gasteiger partial charge in [0.15, 0.2) is 0 Å². The van der Waals surface area contributed by atoms with Crippen LogP contribution in [0.5, 0.6) is 11.9 Å². The molecule has 9 nitrogen and oxygen atoms in total. The first-order chi connectivity index (χ1) is 20.2. The largest absolute Gasteiger partial charge is 0.466 e. The van der Waals surface area contributed by atoms with Crippen LogP contribution in [-0.4, -0.2) is 77.6 Å². The maximum Gasteiger partial charge on any atom is 0.321 e. The SMILES string of the molecule is C=CC(=O)N1CCN(c2nc(OC[C@@H]3CCCN3C)nc3c2CCC2(CCC(F)(F)c4ccccc42)O3)C[C@@H]1CC#N. The van der Waals surface area contributed by atoms with Crippen LogP contribution in [0.15, 0.2) is 36.9 Å². The number of nitriles is 1.